The summed E-state index contributed by atoms with van der Waals surface area (Å²) in [4.78, 5) is 28.7. The third-order valence-corrected chi connectivity index (χ3v) is 3.90. The Morgan fingerprint density at radius 2 is 2.16 bits per heavy atom. The molecule has 0 aliphatic carbocycles. The second-order valence-electron chi connectivity index (χ2n) is 4.09. The van der Waals surface area contributed by atoms with Gasteiger partial charge < -0.3 is 14.7 Å². The van der Waals surface area contributed by atoms with Crippen LogP contribution in [-0.2, 0) is 9.53 Å². The Balaban J connectivity index is 2.81. The molecule has 6 nitrogen and oxygen atoms in total. The second kappa shape index (κ2) is 6.63. The number of nitrogens with zero attached hydrogens (tertiary/aromatic N) is 2. The van der Waals surface area contributed by atoms with Crippen molar-refractivity contribution in [3.05, 3.63) is 16.1 Å². The van der Waals surface area contributed by atoms with Gasteiger partial charge in [-0.15, -0.1) is 11.3 Å². The van der Waals surface area contributed by atoms with Gasteiger partial charge >= 0.3 is 5.97 Å². The van der Waals surface area contributed by atoms with E-state index in [0.717, 1.165) is 0 Å². The maximum atomic E-state index is 12.1. The van der Waals surface area contributed by atoms with Gasteiger partial charge in [0.05, 0.1) is 6.20 Å². The molecular formula is C12H18N2O4S. The number of amides is 1. The molecule has 0 saturated heterocycles. The molecule has 1 rings (SSSR count). The Labute approximate surface area is 116 Å². The molecule has 0 bridgehead atoms. The van der Waals surface area contributed by atoms with Crippen molar-refractivity contribution >= 4 is 23.2 Å². The number of carbonyl (C=O) groups is 2. The van der Waals surface area contributed by atoms with E-state index < -0.39 is 12.0 Å². The van der Waals surface area contributed by atoms with Crippen molar-refractivity contribution in [1.29, 1.82) is 0 Å². The number of carboxylic acid groups (broad SMARTS) is 1. The number of hydrogen-bond acceptors (Lipinski definition) is 5. The van der Waals surface area contributed by atoms with Crippen molar-refractivity contribution in [2.24, 2.45) is 0 Å². The van der Waals surface area contributed by atoms with Crippen molar-refractivity contribution in [3.63, 3.8) is 0 Å². The zero-order chi connectivity index (χ0) is 14.6. The molecule has 0 saturated carbocycles. The highest BCUT2D eigenvalue weighted by Gasteiger charge is 2.24. The molecule has 2 atom stereocenters. The van der Waals surface area contributed by atoms with E-state index in [1.165, 1.54) is 36.4 Å². The Morgan fingerprint density at radius 1 is 1.53 bits per heavy atom. The first-order valence-corrected chi connectivity index (χ1v) is 6.77. The zero-order valence-corrected chi connectivity index (χ0v) is 12.2. The van der Waals surface area contributed by atoms with E-state index in [9.17, 15) is 9.59 Å². The molecule has 106 valence electrons. The van der Waals surface area contributed by atoms with Gasteiger partial charge in [0.15, 0.2) is 0 Å². The van der Waals surface area contributed by atoms with Gasteiger partial charge in [0.2, 0.25) is 0 Å². The smallest absolute Gasteiger partial charge is 0.326 e. The van der Waals surface area contributed by atoms with Crippen molar-refractivity contribution in [2.45, 2.75) is 32.9 Å². The van der Waals surface area contributed by atoms with Crippen molar-refractivity contribution < 1.29 is 19.4 Å². The number of aliphatic carboxylic acids is 1. The molecule has 0 aromatic carbocycles. The molecule has 1 aromatic rings. The highest BCUT2D eigenvalue weighted by atomic mass is 32.1. The third-order valence-electron chi connectivity index (χ3n) is 2.76. The molecule has 1 N–H and O–H groups in total. The van der Waals surface area contributed by atoms with E-state index >= 15 is 0 Å². The predicted octanol–water partition coefficient (Wildman–Crippen LogP) is 1.79. The van der Waals surface area contributed by atoms with Crippen LogP contribution in [-0.4, -0.2) is 46.6 Å². The minimum Gasteiger partial charge on any atom is -0.480 e. The number of ether oxygens (including phenoxy) is 1. The Kier molecular flexibility index (Phi) is 5.44. The summed E-state index contributed by atoms with van der Waals surface area (Å²) < 4.78 is 5.40. The van der Waals surface area contributed by atoms with E-state index in [4.69, 9.17) is 9.84 Å². The number of rotatable bonds is 6. The summed E-state index contributed by atoms with van der Waals surface area (Å²) in [6.07, 6.45) is 1.29. The Bertz CT molecular complexity index is 460. The molecule has 1 amide bonds. The van der Waals surface area contributed by atoms with E-state index in [1.54, 1.807) is 0 Å². The van der Waals surface area contributed by atoms with E-state index in [2.05, 4.69) is 4.98 Å². The fourth-order valence-electron chi connectivity index (χ4n) is 1.41. The molecule has 0 aliphatic heterocycles. The topological polar surface area (TPSA) is 79.7 Å². The van der Waals surface area contributed by atoms with E-state index in [-0.39, 0.29) is 12.0 Å². The standard InChI is InChI=1S/C12H18N2O4S/c1-5-18-8(3)10-13-6-9(19-10)11(15)14(4)7(2)12(16)17/h6-8H,5H2,1-4H3,(H,16,17). The summed E-state index contributed by atoms with van der Waals surface area (Å²) >= 11 is 1.23. The first kappa shape index (κ1) is 15.6. The molecule has 2 unspecified atom stereocenters. The average molecular weight is 286 g/mol. The lowest BCUT2D eigenvalue weighted by molar-refractivity contribution is -0.141. The maximum Gasteiger partial charge on any atom is 0.326 e. The van der Waals surface area contributed by atoms with Gasteiger partial charge in [-0.25, -0.2) is 9.78 Å². The summed E-state index contributed by atoms with van der Waals surface area (Å²) in [6, 6.07) is -0.873. The number of carboxylic acids is 1. The summed E-state index contributed by atoms with van der Waals surface area (Å²) in [6.45, 7) is 5.78. The lowest BCUT2D eigenvalue weighted by Crippen LogP contribution is -2.39. The molecule has 0 aliphatic rings. The van der Waals surface area contributed by atoms with Gasteiger partial charge in [0, 0.05) is 13.7 Å². The van der Waals surface area contributed by atoms with Crippen molar-refractivity contribution in [3.8, 4) is 0 Å². The zero-order valence-electron chi connectivity index (χ0n) is 11.4. The summed E-state index contributed by atoms with van der Waals surface area (Å²) in [5.74, 6) is -1.38. The SMILES string of the molecule is CCOC(C)c1ncc(C(=O)N(C)C(C)C(=O)O)s1. The number of likely N-dealkylation sites (N-methyl/N-ethyl adjacent to an activating group) is 1. The van der Waals surface area contributed by atoms with Crippen LogP contribution in [0.1, 0.15) is 41.6 Å². The molecule has 7 heteroatoms. The normalized spacial score (nSPS) is 13.9. The van der Waals surface area contributed by atoms with Crippen molar-refractivity contribution in [2.75, 3.05) is 13.7 Å². The van der Waals surface area contributed by atoms with Crippen LogP contribution in [0.2, 0.25) is 0 Å². The fourth-order valence-corrected chi connectivity index (χ4v) is 2.31. The summed E-state index contributed by atoms with van der Waals surface area (Å²) in [5, 5.41) is 9.60. The van der Waals surface area contributed by atoms with Gasteiger partial charge in [-0.2, -0.15) is 0 Å². The molecule has 0 spiro atoms. The van der Waals surface area contributed by atoms with Gasteiger partial charge in [-0.3, -0.25) is 4.79 Å². The monoisotopic (exact) mass is 286 g/mol. The van der Waals surface area contributed by atoms with Gasteiger partial charge in [0.1, 0.15) is 22.0 Å². The van der Waals surface area contributed by atoms with Crippen LogP contribution < -0.4 is 0 Å². The van der Waals surface area contributed by atoms with Gasteiger partial charge in [-0.05, 0) is 20.8 Å². The fraction of sp³-hybridized carbons (Fsp3) is 0.583. The quantitative estimate of drug-likeness (QED) is 0.862. The Hall–Kier alpha value is -1.47. The second-order valence-corrected chi connectivity index (χ2v) is 5.15. The van der Waals surface area contributed by atoms with Crippen LogP contribution in [0.25, 0.3) is 0 Å². The molecule has 0 radical (unpaired) electrons. The van der Waals surface area contributed by atoms with E-state index in [0.29, 0.717) is 16.5 Å². The lowest BCUT2D eigenvalue weighted by atomic mass is 10.3. The predicted molar refractivity (Wildman–Crippen MR) is 71.3 cm³/mol. The van der Waals surface area contributed by atoms with Gasteiger partial charge in [0.25, 0.3) is 5.91 Å². The summed E-state index contributed by atoms with van der Waals surface area (Å²) in [5.41, 5.74) is 0. The molecular weight excluding hydrogens is 268 g/mol. The van der Waals surface area contributed by atoms with Crippen LogP contribution in [0.15, 0.2) is 6.20 Å². The number of hydrogen-bond donors (Lipinski definition) is 1. The van der Waals surface area contributed by atoms with Crippen molar-refractivity contribution in [1.82, 2.24) is 9.88 Å². The summed E-state index contributed by atoms with van der Waals surface area (Å²) in [7, 11) is 1.46. The number of thiazole rings is 1. The highest BCUT2D eigenvalue weighted by Crippen LogP contribution is 2.23. The van der Waals surface area contributed by atoms with Crippen LogP contribution in [0.5, 0.6) is 0 Å². The first-order chi connectivity index (χ1) is 8.88. The average Bonchev–Trinajstić information content (AvgIpc) is 2.85. The minimum atomic E-state index is -1.04. The van der Waals surface area contributed by atoms with Crippen LogP contribution in [0.3, 0.4) is 0 Å². The molecule has 19 heavy (non-hydrogen) atoms. The third kappa shape index (κ3) is 3.74. The number of carbonyl (C=O) groups excluding carboxylic acids is 1. The number of aromatic nitrogens is 1. The molecule has 0 fully saturated rings. The first-order valence-electron chi connectivity index (χ1n) is 5.95. The largest absolute Gasteiger partial charge is 0.480 e. The molecule has 1 heterocycles. The lowest BCUT2D eigenvalue weighted by Gasteiger charge is -2.20. The minimum absolute atomic E-state index is 0.168. The van der Waals surface area contributed by atoms with E-state index in [1.807, 2.05) is 13.8 Å². The van der Waals surface area contributed by atoms with Crippen LogP contribution in [0.4, 0.5) is 0 Å². The van der Waals surface area contributed by atoms with Crippen LogP contribution >= 0.6 is 11.3 Å². The van der Waals surface area contributed by atoms with Gasteiger partial charge in [-0.1, -0.05) is 0 Å². The highest BCUT2D eigenvalue weighted by molar-refractivity contribution is 7.13. The Morgan fingerprint density at radius 3 is 2.68 bits per heavy atom. The maximum absolute atomic E-state index is 12.1. The van der Waals surface area contributed by atoms with Crippen LogP contribution in [0, 0.1) is 0 Å². The molecule has 1 aromatic heterocycles.